The van der Waals surface area contributed by atoms with Crippen LogP contribution in [0.25, 0.3) is 11.1 Å². The predicted octanol–water partition coefficient (Wildman–Crippen LogP) is 3.53. The van der Waals surface area contributed by atoms with Crippen LogP contribution in [0.3, 0.4) is 0 Å². The van der Waals surface area contributed by atoms with E-state index in [1.807, 2.05) is 24.3 Å². The number of carboxylic acids is 1. The van der Waals surface area contributed by atoms with Crippen molar-refractivity contribution >= 4 is 18.0 Å². The summed E-state index contributed by atoms with van der Waals surface area (Å²) in [6.07, 6.45) is 0.100. The Hall–Kier alpha value is -3.35. The molecule has 3 rings (SSSR count). The predicted molar refractivity (Wildman–Crippen MR) is 117 cm³/mol. The van der Waals surface area contributed by atoms with Gasteiger partial charge in [-0.15, -0.1) is 0 Å². The summed E-state index contributed by atoms with van der Waals surface area (Å²) in [5, 5.41) is 14.2. The van der Waals surface area contributed by atoms with E-state index in [9.17, 15) is 14.4 Å². The fraction of sp³-hybridized carbons (Fsp3) is 0.375. The van der Waals surface area contributed by atoms with Gasteiger partial charge in [-0.3, -0.25) is 9.59 Å². The van der Waals surface area contributed by atoms with Crippen LogP contribution in [0.1, 0.15) is 43.7 Å². The largest absolute Gasteiger partial charge is 0.481 e. The second kappa shape index (κ2) is 10.1. The van der Waals surface area contributed by atoms with Gasteiger partial charge in [0.1, 0.15) is 6.61 Å². The molecule has 3 N–H and O–H groups in total. The quantitative estimate of drug-likeness (QED) is 0.571. The first-order valence-corrected chi connectivity index (χ1v) is 10.5. The molecule has 7 nitrogen and oxygen atoms in total. The molecule has 2 amide bonds. The molecule has 0 aliphatic heterocycles. The number of fused-ring (bicyclic) bond motifs is 3. The molecule has 2 atom stereocenters. The van der Waals surface area contributed by atoms with E-state index >= 15 is 0 Å². The molecular weight excluding hydrogens is 396 g/mol. The highest BCUT2D eigenvalue weighted by Crippen LogP contribution is 2.44. The summed E-state index contributed by atoms with van der Waals surface area (Å²) in [4.78, 5) is 34.9. The van der Waals surface area contributed by atoms with E-state index in [-0.39, 0.29) is 37.4 Å². The molecule has 0 saturated heterocycles. The Balaban J connectivity index is 1.45. The number of hydrogen-bond donors (Lipinski definition) is 3. The van der Waals surface area contributed by atoms with Crippen LogP contribution in [-0.2, 0) is 14.3 Å². The number of benzene rings is 2. The van der Waals surface area contributed by atoms with Crippen LogP contribution >= 0.6 is 0 Å². The number of nitrogens with one attached hydrogen (secondary N) is 2. The topological polar surface area (TPSA) is 105 Å². The Bertz CT molecular complexity index is 913. The molecule has 2 unspecified atom stereocenters. The lowest BCUT2D eigenvalue weighted by Crippen LogP contribution is -2.36. The first-order valence-electron chi connectivity index (χ1n) is 10.5. The van der Waals surface area contributed by atoms with Crippen molar-refractivity contribution in [3.63, 3.8) is 0 Å². The van der Waals surface area contributed by atoms with Crippen LogP contribution in [0.5, 0.6) is 0 Å². The molecule has 2 aromatic carbocycles. The van der Waals surface area contributed by atoms with Crippen molar-refractivity contribution in [3.8, 4) is 11.1 Å². The highest BCUT2D eigenvalue weighted by Gasteiger charge is 2.29. The minimum absolute atomic E-state index is 0.00420. The number of carbonyl (C=O) groups excluding carboxylic acids is 2. The van der Waals surface area contributed by atoms with E-state index in [0.717, 1.165) is 11.1 Å². The zero-order valence-electron chi connectivity index (χ0n) is 17.8. The summed E-state index contributed by atoms with van der Waals surface area (Å²) in [6, 6.07) is 16.0. The number of carboxylic acid groups (broad SMARTS) is 1. The van der Waals surface area contributed by atoms with Crippen LogP contribution in [0, 0.1) is 5.92 Å². The SMILES string of the molecule is CC(CCC(=O)NCC(C)C(=O)O)NC(=O)OCC1c2ccccc2-c2ccccc21. The third-order valence-corrected chi connectivity index (χ3v) is 5.54. The molecule has 1 aliphatic carbocycles. The number of rotatable bonds is 9. The lowest BCUT2D eigenvalue weighted by molar-refractivity contribution is -0.141. The van der Waals surface area contributed by atoms with Gasteiger partial charge in [0, 0.05) is 24.9 Å². The third kappa shape index (κ3) is 5.63. The van der Waals surface area contributed by atoms with Gasteiger partial charge < -0.3 is 20.5 Å². The average molecular weight is 424 g/mol. The minimum Gasteiger partial charge on any atom is -0.481 e. The molecule has 0 radical (unpaired) electrons. The van der Waals surface area contributed by atoms with Crippen molar-refractivity contribution in [2.75, 3.05) is 13.2 Å². The Morgan fingerprint density at radius 3 is 2.16 bits per heavy atom. The van der Waals surface area contributed by atoms with E-state index in [1.54, 1.807) is 6.92 Å². The molecule has 2 aromatic rings. The fourth-order valence-electron chi connectivity index (χ4n) is 3.70. The van der Waals surface area contributed by atoms with Gasteiger partial charge in [-0.1, -0.05) is 55.5 Å². The Kier molecular flexibility index (Phi) is 7.28. The van der Waals surface area contributed by atoms with Crippen molar-refractivity contribution in [2.24, 2.45) is 5.92 Å². The zero-order chi connectivity index (χ0) is 22.4. The Morgan fingerprint density at radius 1 is 1.00 bits per heavy atom. The van der Waals surface area contributed by atoms with E-state index in [4.69, 9.17) is 9.84 Å². The average Bonchev–Trinajstić information content (AvgIpc) is 3.08. The molecule has 31 heavy (non-hydrogen) atoms. The molecule has 0 spiro atoms. The lowest BCUT2D eigenvalue weighted by Gasteiger charge is -2.17. The molecule has 0 saturated carbocycles. The smallest absolute Gasteiger partial charge is 0.407 e. The highest BCUT2D eigenvalue weighted by molar-refractivity contribution is 5.79. The van der Waals surface area contributed by atoms with Crippen LogP contribution in [-0.4, -0.2) is 42.3 Å². The number of carbonyl (C=O) groups is 3. The fourth-order valence-corrected chi connectivity index (χ4v) is 3.70. The van der Waals surface area contributed by atoms with Crippen LogP contribution in [0.15, 0.2) is 48.5 Å². The van der Waals surface area contributed by atoms with Crippen molar-refractivity contribution in [1.29, 1.82) is 0 Å². The van der Waals surface area contributed by atoms with Crippen LogP contribution < -0.4 is 10.6 Å². The Labute approximate surface area is 181 Å². The van der Waals surface area contributed by atoms with Crippen LogP contribution in [0.2, 0.25) is 0 Å². The van der Waals surface area contributed by atoms with Gasteiger partial charge in [0.25, 0.3) is 0 Å². The van der Waals surface area contributed by atoms with Gasteiger partial charge in [-0.05, 0) is 35.6 Å². The van der Waals surface area contributed by atoms with Gasteiger partial charge in [-0.2, -0.15) is 0 Å². The van der Waals surface area contributed by atoms with Gasteiger partial charge in [0.2, 0.25) is 5.91 Å². The summed E-state index contributed by atoms with van der Waals surface area (Å²) in [7, 11) is 0. The number of amides is 2. The molecular formula is C24H28N2O5. The standard InChI is InChI=1S/C24H28N2O5/c1-15(23(28)29)13-25-22(27)12-11-16(2)26-24(30)31-14-21-19-9-5-3-7-17(19)18-8-4-6-10-20(18)21/h3-10,15-16,21H,11-14H2,1-2H3,(H,25,27)(H,26,30)(H,28,29). The number of aliphatic carboxylic acids is 1. The summed E-state index contributed by atoms with van der Waals surface area (Å²) in [5.41, 5.74) is 4.64. The first kappa shape index (κ1) is 22.3. The second-order valence-electron chi connectivity index (χ2n) is 7.95. The van der Waals surface area contributed by atoms with Crippen LogP contribution in [0.4, 0.5) is 4.79 Å². The van der Waals surface area contributed by atoms with Gasteiger partial charge >= 0.3 is 12.1 Å². The molecule has 1 aliphatic rings. The monoisotopic (exact) mass is 424 g/mol. The van der Waals surface area contributed by atoms with E-state index in [2.05, 4.69) is 34.9 Å². The van der Waals surface area contributed by atoms with Crippen molar-refractivity contribution < 1.29 is 24.2 Å². The number of alkyl carbamates (subject to hydrolysis) is 1. The van der Waals surface area contributed by atoms with Gasteiger partial charge in [-0.25, -0.2) is 4.79 Å². The Morgan fingerprint density at radius 2 is 1.58 bits per heavy atom. The molecule has 164 valence electrons. The summed E-state index contributed by atoms with van der Waals surface area (Å²) in [5.74, 6) is -1.84. The van der Waals surface area contributed by atoms with Crippen molar-refractivity contribution in [2.45, 2.75) is 38.6 Å². The molecule has 0 fully saturated rings. The van der Waals surface area contributed by atoms with Crippen molar-refractivity contribution in [3.05, 3.63) is 59.7 Å². The second-order valence-corrected chi connectivity index (χ2v) is 7.95. The normalized spacial score (nSPS) is 14.1. The van der Waals surface area contributed by atoms with Crippen molar-refractivity contribution in [1.82, 2.24) is 10.6 Å². The van der Waals surface area contributed by atoms with Gasteiger partial charge in [0.15, 0.2) is 0 Å². The first-order chi connectivity index (χ1) is 14.9. The molecule has 0 aromatic heterocycles. The third-order valence-electron chi connectivity index (χ3n) is 5.54. The summed E-state index contributed by atoms with van der Waals surface area (Å²) < 4.78 is 5.51. The maximum atomic E-state index is 12.3. The van der Waals surface area contributed by atoms with E-state index < -0.39 is 18.0 Å². The minimum atomic E-state index is -0.953. The molecule has 7 heteroatoms. The molecule has 0 bridgehead atoms. The maximum absolute atomic E-state index is 12.3. The maximum Gasteiger partial charge on any atom is 0.407 e. The number of hydrogen-bond acceptors (Lipinski definition) is 4. The van der Waals surface area contributed by atoms with Gasteiger partial charge in [0.05, 0.1) is 5.92 Å². The van der Waals surface area contributed by atoms with E-state index in [1.165, 1.54) is 18.1 Å². The van der Waals surface area contributed by atoms with E-state index in [0.29, 0.717) is 6.42 Å². The lowest BCUT2D eigenvalue weighted by atomic mass is 9.98. The zero-order valence-corrected chi connectivity index (χ0v) is 17.8. The summed E-state index contributed by atoms with van der Waals surface area (Å²) >= 11 is 0. The highest BCUT2D eigenvalue weighted by atomic mass is 16.5. The molecule has 0 heterocycles. The number of ether oxygens (including phenoxy) is 1. The summed E-state index contributed by atoms with van der Waals surface area (Å²) in [6.45, 7) is 3.65.